The van der Waals surface area contributed by atoms with Gasteiger partial charge in [-0.2, -0.15) is 0 Å². The Morgan fingerprint density at radius 2 is 1.92 bits per heavy atom. The van der Waals surface area contributed by atoms with E-state index in [4.69, 9.17) is 4.74 Å². The van der Waals surface area contributed by atoms with Crippen LogP contribution < -0.4 is 0 Å². The van der Waals surface area contributed by atoms with Gasteiger partial charge in [-0.25, -0.2) is 13.2 Å². The number of sulfone groups is 1. The molecule has 1 aromatic heterocycles. The van der Waals surface area contributed by atoms with E-state index in [1.807, 2.05) is 0 Å². The Labute approximate surface area is 154 Å². The summed E-state index contributed by atoms with van der Waals surface area (Å²) in [5, 5.41) is 0. The zero-order valence-electron chi connectivity index (χ0n) is 15.1. The number of carbonyl (C=O) groups is 2. The summed E-state index contributed by atoms with van der Waals surface area (Å²) in [6.45, 7) is -0.350. The third kappa shape index (κ3) is 4.28. The van der Waals surface area contributed by atoms with Crippen LogP contribution in [-0.4, -0.2) is 60.0 Å². The van der Waals surface area contributed by atoms with Crippen molar-refractivity contribution in [3.05, 3.63) is 24.0 Å². The van der Waals surface area contributed by atoms with Crippen molar-refractivity contribution in [2.24, 2.45) is 7.05 Å². The zero-order chi connectivity index (χ0) is 18.7. The molecule has 0 radical (unpaired) electrons. The Morgan fingerprint density at radius 1 is 1.19 bits per heavy atom. The number of hydrogen-bond acceptors (Lipinski definition) is 5. The lowest BCUT2D eigenvalue weighted by molar-refractivity contribution is -0.140. The first-order valence-corrected chi connectivity index (χ1v) is 11.0. The number of hydrogen-bond donors (Lipinski definition) is 0. The first-order chi connectivity index (χ1) is 12.4. The molecule has 0 bridgehead atoms. The summed E-state index contributed by atoms with van der Waals surface area (Å²) in [6.07, 6.45) is 7.19. The first-order valence-electron chi connectivity index (χ1n) is 9.17. The fourth-order valence-electron chi connectivity index (χ4n) is 4.01. The van der Waals surface area contributed by atoms with Gasteiger partial charge in [-0.1, -0.05) is 19.3 Å². The second-order valence-corrected chi connectivity index (χ2v) is 9.46. The maximum Gasteiger partial charge on any atom is 0.355 e. The van der Waals surface area contributed by atoms with Gasteiger partial charge in [0.15, 0.2) is 16.4 Å². The van der Waals surface area contributed by atoms with Crippen molar-refractivity contribution < 1.29 is 22.7 Å². The number of nitrogens with zero attached hydrogens (tertiary/aromatic N) is 2. The smallest absolute Gasteiger partial charge is 0.355 e. The van der Waals surface area contributed by atoms with Crippen LogP contribution in [-0.2, 0) is 26.4 Å². The largest absolute Gasteiger partial charge is 0.451 e. The summed E-state index contributed by atoms with van der Waals surface area (Å²) in [4.78, 5) is 26.7. The lowest BCUT2D eigenvalue weighted by atomic mass is 9.93. The second-order valence-electron chi connectivity index (χ2n) is 7.23. The predicted octanol–water partition coefficient (Wildman–Crippen LogP) is 1.53. The van der Waals surface area contributed by atoms with Gasteiger partial charge in [0.1, 0.15) is 5.69 Å². The van der Waals surface area contributed by atoms with Crippen LogP contribution in [0.25, 0.3) is 0 Å². The lowest BCUT2D eigenvalue weighted by Gasteiger charge is -2.38. The Morgan fingerprint density at radius 3 is 2.50 bits per heavy atom. The van der Waals surface area contributed by atoms with Gasteiger partial charge in [-0.15, -0.1) is 0 Å². The molecule has 0 aromatic carbocycles. The van der Waals surface area contributed by atoms with Gasteiger partial charge in [0.25, 0.3) is 5.91 Å². The van der Waals surface area contributed by atoms with E-state index in [1.165, 1.54) is 0 Å². The molecule has 1 atom stereocenters. The molecule has 0 N–H and O–H groups in total. The fraction of sp³-hybridized carbons (Fsp3) is 0.667. The van der Waals surface area contributed by atoms with Crippen LogP contribution in [0, 0.1) is 0 Å². The van der Waals surface area contributed by atoms with Crippen LogP contribution in [0.5, 0.6) is 0 Å². The van der Waals surface area contributed by atoms with Crippen LogP contribution in [0.1, 0.15) is 49.0 Å². The van der Waals surface area contributed by atoms with Crippen LogP contribution in [0.2, 0.25) is 0 Å². The molecule has 2 aliphatic rings. The number of ether oxygens (including phenoxy) is 1. The van der Waals surface area contributed by atoms with Crippen molar-refractivity contribution in [2.45, 2.75) is 50.6 Å². The van der Waals surface area contributed by atoms with Crippen LogP contribution >= 0.6 is 0 Å². The zero-order valence-corrected chi connectivity index (χ0v) is 15.9. The van der Waals surface area contributed by atoms with Gasteiger partial charge in [0, 0.05) is 25.3 Å². The standard InChI is InChI=1S/C18H26N2O5S/c1-19-10-5-8-16(19)18(22)25-12-17(21)20(14-6-3-2-4-7-14)15-9-11-26(23,24)13-15/h5,8,10,14-15H,2-4,6-7,9,11-13H2,1H3. The summed E-state index contributed by atoms with van der Waals surface area (Å²) >= 11 is 0. The molecule has 2 fully saturated rings. The Kier molecular flexibility index (Phi) is 5.70. The topological polar surface area (TPSA) is 85.7 Å². The number of aryl methyl sites for hydroxylation is 1. The van der Waals surface area contributed by atoms with Crippen LogP contribution in [0.3, 0.4) is 0 Å². The summed E-state index contributed by atoms with van der Waals surface area (Å²) in [6, 6.07) is 3.11. The van der Waals surface area contributed by atoms with E-state index in [9.17, 15) is 18.0 Å². The van der Waals surface area contributed by atoms with E-state index >= 15 is 0 Å². The fourth-order valence-corrected chi connectivity index (χ4v) is 5.72. The van der Waals surface area contributed by atoms with E-state index in [1.54, 1.807) is 34.8 Å². The van der Waals surface area contributed by atoms with E-state index in [0.29, 0.717) is 12.1 Å². The summed E-state index contributed by atoms with van der Waals surface area (Å²) in [5.74, 6) is -0.701. The number of rotatable bonds is 5. The van der Waals surface area contributed by atoms with E-state index in [-0.39, 0.29) is 36.1 Å². The lowest BCUT2D eigenvalue weighted by Crippen LogP contribution is -2.50. The minimum atomic E-state index is -3.09. The molecular weight excluding hydrogens is 356 g/mol. The van der Waals surface area contributed by atoms with E-state index < -0.39 is 15.8 Å². The molecule has 1 saturated heterocycles. The quantitative estimate of drug-likeness (QED) is 0.721. The molecule has 1 aliphatic carbocycles. The normalized spacial score (nSPS) is 22.9. The van der Waals surface area contributed by atoms with Crippen molar-refractivity contribution in [1.82, 2.24) is 9.47 Å². The third-order valence-corrected chi connectivity index (χ3v) is 7.09. The summed E-state index contributed by atoms with van der Waals surface area (Å²) < 4.78 is 30.6. The first kappa shape index (κ1) is 18.9. The van der Waals surface area contributed by atoms with Crippen molar-refractivity contribution in [2.75, 3.05) is 18.1 Å². The van der Waals surface area contributed by atoms with Crippen molar-refractivity contribution in [3.63, 3.8) is 0 Å². The van der Waals surface area contributed by atoms with Gasteiger partial charge in [-0.3, -0.25) is 4.79 Å². The molecule has 2 heterocycles. The molecule has 26 heavy (non-hydrogen) atoms. The molecule has 1 amide bonds. The van der Waals surface area contributed by atoms with Gasteiger partial charge in [0.05, 0.1) is 11.5 Å². The minimum Gasteiger partial charge on any atom is -0.451 e. The molecule has 1 unspecified atom stereocenters. The Balaban J connectivity index is 1.68. The monoisotopic (exact) mass is 382 g/mol. The van der Waals surface area contributed by atoms with Crippen LogP contribution in [0.15, 0.2) is 18.3 Å². The molecule has 7 nitrogen and oxygen atoms in total. The average Bonchev–Trinajstić information content (AvgIpc) is 3.19. The van der Waals surface area contributed by atoms with Gasteiger partial charge in [0.2, 0.25) is 0 Å². The minimum absolute atomic E-state index is 0.0149. The Hall–Kier alpha value is -1.83. The maximum atomic E-state index is 12.8. The number of esters is 1. The average molecular weight is 382 g/mol. The molecule has 8 heteroatoms. The maximum absolute atomic E-state index is 12.8. The summed E-state index contributed by atoms with van der Waals surface area (Å²) in [5.41, 5.74) is 0.380. The molecule has 0 spiro atoms. The second kappa shape index (κ2) is 7.82. The van der Waals surface area contributed by atoms with Gasteiger partial charge in [-0.05, 0) is 31.4 Å². The number of aromatic nitrogens is 1. The van der Waals surface area contributed by atoms with E-state index in [2.05, 4.69) is 0 Å². The van der Waals surface area contributed by atoms with Crippen molar-refractivity contribution in [1.29, 1.82) is 0 Å². The Bertz CT molecular complexity index is 764. The van der Waals surface area contributed by atoms with Crippen molar-refractivity contribution in [3.8, 4) is 0 Å². The highest BCUT2D eigenvalue weighted by molar-refractivity contribution is 7.91. The van der Waals surface area contributed by atoms with Crippen molar-refractivity contribution >= 4 is 21.7 Å². The van der Waals surface area contributed by atoms with E-state index in [0.717, 1.165) is 32.1 Å². The third-order valence-electron chi connectivity index (χ3n) is 5.34. The molecular formula is C18H26N2O5S. The number of amides is 1. The molecule has 1 aromatic rings. The van der Waals surface area contributed by atoms with Gasteiger partial charge < -0.3 is 14.2 Å². The highest BCUT2D eigenvalue weighted by atomic mass is 32.2. The molecule has 1 aliphatic heterocycles. The van der Waals surface area contributed by atoms with Crippen LogP contribution in [0.4, 0.5) is 0 Å². The molecule has 3 rings (SSSR count). The van der Waals surface area contributed by atoms with Gasteiger partial charge >= 0.3 is 5.97 Å². The molecule has 144 valence electrons. The highest BCUT2D eigenvalue weighted by Crippen LogP contribution is 2.28. The SMILES string of the molecule is Cn1cccc1C(=O)OCC(=O)N(C1CCCCC1)C1CCS(=O)(=O)C1. The predicted molar refractivity (Wildman–Crippen MR) is 96.5 cm³/mol. The highest BCUT2D eigenvalue weighted by Gasteiger charge is 2.38. The molecule has 1 saturated carbocycles. The summed E-state index contributed by atoms with van der Waals surface area (Å²) in [7, 11) is -1.36. The number of carbonyl (C=O) groups excluding carboxylic acids is 2.